The number of ketones is 1. The Balaban J connectivity index is 1.95. The number of fused-ring (bicyclic) bond motifs is 1. The van der Waals surface area contributed by atoms with Crippen LogP contribution in [0.3, 0.4) is 0 Å². The number of phenolic OH excluding ortho intramolecular Hbond substituents is 2. The lowest BCUT2D eigenvalue weighted by molar-refractivity contribution is 0.0895. The molecule has 29 heavy (non-hydrogen) atoms. The lowest BCUT2D eigenvalue weighted by atomic mass is 9.86. The average molecular weight is 392 g/mol. The normalized spacial score (nSPS) is 15.3. The number of Topliss-reactive ketones (excluding diaryl/α,β-unsaturated/α-hetero) is 1. The van der Waals surface area contributed by atoms with Gasteiger partial charge >= 0.3 is 0 Å². The molecule has 1 heterocycles. The number of hydrogen-bond acceptors (Lipinski definition) is 4. The van der Waals surface area contributed by atoms with Gasteiger partial charge in [-0.3, -0.25) is 4.79 Å². The predicted molar refractivity (Wildman–Crippen MR) is 115 cm³/mol. The van der Waals surface area contributed by atoms with Crippen molar-refractivity contribution in [2.45, 2.75) is 46.5 Å². The fraction of sp³-hybridized carbons (Fsp3) is 0.320. The first-order valence-corrected chi connectivity index (χ1v) is 9.88. The van der Waals surface area contributed by atoms with Gasteiger partial charge in [-0.2, -0.15) is 0 Å². The maximum atomic E-state index is 13.2. The molecule has 4 heteroatoms. The van der Waals surface area contributed by atoms with Crippen molar-refractivity contribution in [1.29, 1.82) is 0 Å². The molecular weight excluding hydrogens is 364 g/mol. The Morgan fingerprint density at radius 3 is 2.34 bits per heavy atom. The molecule has 0 saturated heterocycles. The minimum Gasteiger partial charge on any atom is -0.508 e. The zero-order chi connectivity index (χ0) is 21.1. The highest BCUT2D eigenvalue weighted by Gasteiger charge is 2.32. The number of phenols is 2. The summed E-state index contributed by atoms with van der Waals surface area (Å²) in [6.07, 6.45) is 5.18. The van der Waals surface area contributed by atoms with E-state index in [4.69, 9.17) is 4.74 Å². The Kier molecular flexibility index (Phi) is 6.12. The van der Waals surface area contributed by atoms with Gasteiger partial charge in [0.1, 0.15) is 23.9 Å². The second kappa shape index (κ2) is 8.56. The highest BCUT2D eigenvalue weighted by molar-refractivity contribution is 6.04. The summed E-state index contributed by atoms with van der Waals surface area (Å²) >= 11 is 0. The molecule has 0 aromatic heterocycles. The average Bonchev–Trinajstić information content (AvgIpc) is 2.67. The lowest BCUT2D eigenvalue weighted by Gasteiger charge is -2.27. The van der Waals surface area contributed by atoms with Crippen LogP contribution in [0.4, 0.5) is 0 Å². The monoisotopic (exact) mass is 392 g/mol. The molecular formula is C25H28O4. The highest BCUT2D eigenvalue weighted by Crippen LogP contribution is 2.40. The maximum absolute atomic E-state index is 13.2. The molecule has 1 atom stereocenters. The van der Waals surface area contributed by atoms with Gasteiger partial charge in [0.2, 0.25) is 0 Å². The van der Waals surface area contributed by atoms with E-state index in [1.807, 2.05) is 45.9 Å². The van der Waals surface area contributed by atoms with Crippen LogP contribution in [0, 0.1) is 0 Å². The van der Waals surface area contributed by atoms with Gasteiger partial charge in [-0.1, -0.05) is 35.4 Å². The third-order valence-corrected chi connectivity index (χ3v) is 5.16. The van der Waals surface area contributed by atoms with Crippen molar-refractivity contribution < 1.29 is 19.7 Å². The third-order valence-electron chi connectivity index (χ3n) is 5.16. The van der Waals surface area contributed by atoms with Crippen molar-refractivity contribution in [2.75, 3.05) is 6.61 Å². The van der Waals surface area contributed by atoms with Gasteiger partial charge < -0.3 is 14.9 Å². The minimum atomic E-state index is -0.436. The lowest BCUT2D eigenvalue weighted by Crippen LogP contribution is -2.27. The zero-order valence-corrected chi connectivity index (χ0v) is 17.5. The van der Waals surface area contributed by atoms with Gasteiger partial charge in [-0.15, -0.1) is 0 Å². The molecule has 1 aliphatic rings. The predicted octanol–water partition coefficient (Wildman–Crippen LogP) is 5.47. The van der Waals surface area contributed by atoms with E-state index in [-0.39, 0.29) is 23.9 Å². The summed E-state index contributed by atoms with van der Waals surface area (Å²) in [7, 11) is 0. The van der Waals surface area contributed by atoms with Crippen LogP contribution < -0.4 is 4.74 Å². The molecule has 4 nitrogen and oxygen atoms in total. The molecule has 0 aliphatic carbocycles. The number of aromatic hydroxyl groups is 2. The number of hydrogen-bond donors (Lipinski definition) is 2. The largest absolute Gasteiger partial charge is 0.508 e. The molecule has 2 aromatic carbocycles. The standard InChI is InChI=1S/C25H28O4/c1-15(2)5-7-18-13-17(8-11-22(18)26)21-14-29-25-19(9-6-16(3)4)23(27)12-10-20(25)24(21)28/h5-6,8,10-13,21,26-27H,7,9,14H2,1-4H3/t21-/m1/s1. The second-order valence-corrected chi connectivity index (χ2v) is 8.03. The van der Waals surface area contributed by atoms with E-state index in [2.05, 4.69) is 0 Å². The fourth-order valence-corrected chi connectivity index (χ4v) is 3.46. The second-order valence-electron chi connectivity index (χ2n) is 8.03. The van der Waals surface area contributed by atoms with E-state index in [1.165, 1.54) is 5.57 Å². The van der Waals surface area contributed by atoms with E-state index in [9.17, 15) is 15.0 Å². The molecule has 0 saturated carbocycles. The number of carbonyl (C=O) groups excluding carboxylic acids is 1. The molecule has 0 fully saturated rings. The molecule has 0 radical (unpaired) electrons. The van der Waals surface area contributed by atoms with Crippen molar-refractivity contribution in [3.05, 3.63) is 75.9 Å². The van der Waals surface area contributed by atoms with E-state index in [1.54, 1.807) is 24.3 Å². The molecule has 152 valence electrons. The van der Waals surface area contributed by atoms with E-state index in [0.29, 0.717) is 29.7 Å². The SMILES string of the molecule is CC(C)=CCc1cc([C@H]2COc3c(ccc(O)c3CC=C(C)C)C2=O)ccc1O. The molecule has 0 spiro atoms. The molecule has 0 amide bonds. The van der Waals surface area contributed by atoms with Crippen LogP contribution in [0.2, 0.25) is 0 Å². The number of ether oxygens (including phenoxy) is 1. The molecule has 0 unspecified atom stereocenters. The first kappa shape index (κ1) is 20.7. The topological polar surface area (TPSA) is 66.8 Å². The van der Waals surface area contributed by atoms with Gasteiger partial charge in [-0.25, -0.2) is 0 Å². The minimum absolute atomic E-state index is 0.0245. The Labute approximate surface area is 172 Å². The summed E-state index contributed by atoms with van der Waals surface area (Å²) in [5.41, 5.74) is 5.06. The quantitative estimate of drug-likeness (QED) is 0.662. The third kappa shape index (κ3) is 4.53. The van der Waals surface area contributed by atoms with Crippen molar-refractivity contribution >= 4 is 5.78 Å². The first-order valence-electron chi connectivity index (χ1n) is 9.88. The van der Waals surface area contributed by atoms with Crippen LogP contribution in [0.15, 0.2) is 53.6 Å². The summed E-state index contributed by atoms with van der Waals surface area (Å²) in [6.45, 7) is 8.22. The van der Waals surface area contributed by atoms with Crippen LogP contribution in [0.25, 0.3) is 0 Å². The Bertz CT molecular complexity index is 990. The van der Waals surface area contributed by atoms with Crippen molar-refractivity contribution in [1.82, 2.24) is 0 Å². The number of benzene rings is 2. The Morgan fingerprint density at radius 2 is 1.66 bits per heavy atom. The molecule has 0 bridgehead atoms. The van der Waals surface area contributed by atoms with Crippen LogP contribution >= 0.6 is 0 Å². The summed E-state index contributed by atoms with van der Waals surface area (Å²) in [4.78, 5) is 13.2. The van der Waals surface area contributed by atoms with Gasteiger partial charge in [0.15, 0.2) is 5.78 Å². The zero-order valence-electron chi connectivity index (χ0n) is 17.5. The Morgan fingerprint density at radius 1 is 1.00 bits per heavy atom. The maximum Gasteiger partial charge on any atom is 0.177 e. The van der Waals surface area contributed by atoms with Gasteiger partial charge in [0.25, 0.3) is 0 Å². The number of rotatable bonds is 5. The summed E-state index contributed by atoms with van der Waals surface area (Å²) in [5.74, 6) is 0.385. The van der Waals surface area contributed by atoms with Gasteiger partial charge in [0.05, 0.1) is 11.5 Å². The van der Waals surface area contributed by atoms with Gasteiger partial charge in [-0.05, 0) is 69.9 Å². The van der Waals surface area contributed by atoms with E-state index in [0.717, 1.165) is 16.7 Å². The summed E-state index contributed by atoms with van der Waals surface area (Å²) in [5, 5.41) is 20.4. The fourth-order valence-electron chi connectivity index (χ4n) is 3.46. The van der Waals surface area contributed by atoms with E-state index < -0.39 is 5.92 Å². The molecule has 3 rings (SSSR count). The first-order chi connectivity index (χ1) is 13.8. The van der Waals surface area contributed by atoms with Crippen molar-refractivity contribution in [2.24, 2.45) is 0 Å². The van der Waals surface area contributed by atoms with Crippen molar-refractivity contribution in [3.8, 4) is 17.2 Å². The smallest absolute Gasteiger partial charge is 0.177 e. The number of allylic oxidation sites excluding steroid dienone is 4. The van der Waals surface area contributed by atoms with Crippen LogP contribution in [-0.2, 0) is 12.8 Å². The van der Waals surface area contributed by atoms with Crippen LogP contribution in [0.1, 0.15) is 60.7 Å². The van der Waals surface area contributed by atoms with Crippen molar-refractivity contribution in [3.63, 3.8) is 0 Å². The molecule has 2 aromatic rings. The van der Waals surface area contributed by atoms with Gasteiger partial charge in [0, 0.05) is 5.56 Å². The highest BCUT2D eigenvalue weighted by atomic mass is 16.5. The van der Waals surface area contributed by atoms with Crippen LogP contribution in [-0.4, -0.2) is 22.6 Å². The summed E-state index contributed by atoms with van der Waals surface area (Å²) in [6, 6.07) is 8.51. The Hall–Kier alpha value is -3.01. The van der Waals surface area contributed by atoms with E-state index >= 15 is 0 Å². The van der Waals surface area contributed by atoms with Crippen LogP contribution in [0.5, 0.6) is 17.2 Å². The summed E-state index contributed by atoms with van der Waals surface area (Å²) < 4.78 is 5.99. The molecule has 2 N–H and O–H groups in total. The number of carbonyl (C=O) groups is 1. The molecule has 1 aliphatic heterocycles.